The lowest BCUT2D eigenvalue weighted by Crippen LogP contribution is -2.44. The van der Waals surface area contributed by atoms with E-state index in [0.29, 0.717) is 29.4 Å². The number of sulfonamides is 1. The largest absolute Gasteiger partial charge is 0.472 e. The van der Waals surface area contributed by atoms with Crippen molar-refractivity contribution >= 4 is 27.4 Å². The first-order chi connectivity index (χ1) is 12.8. The van der Waals surface area contributed by atoms with Gasteiger partial charge < -0.3 is 9.64 Å². The number of ether oxygens (including phenoxy) is 1. The quantitative estimate of drug-likeness (QED) is 0.754. The number of aryl methyl sites for hydroxylation is 1. The lowest BCUT2D eigenvalue weighted by molar-refractivity contribution is 0.123. The fourth-order valence-corrected chi connectivity index (χ4v) is 4.99. The van der Waals surface area contributed by atoms with Crippen molar-refractivity contribution in [2.75, 3.05) is 32.1 Å². The average Bonchev–Trinajstić information content (AvgIpc) is 2.64. The molecule has 0 spiro atoms. The molecule has 1 aliphatic heterocycles. The summed E-state index contributed by atoms with van der Waals surface area (Å²) in [4.78, 5) is 2.09. The van der Waals surface area contributed by atoms with Gasteiger partial charge in [0.25, 0.3) is 0 Å². The van der Waals surface area contributed by atoms with Crippen molar-refractivity contribution in [3.63, 3.8) is 0 Å². The van der Waals surface area contributed by atoms with Gasteiger partial charge in [-0.1, -0.05) is 17.7 Å². The lowest BCUT2D eigenvalue weighted by Gasteiger charge is -2.32. The highest BCUT2D eigenvalue weighted by atomic mass is 35.5. The summed E-state index contributed by atoms with van der Waals surface area (Å²) in [6.45, 7) is 2.49. The van der Waals surface area contributed by atoms with Crippen LogP contribution in [0.2, 0.25) is 5.02 Å². The van der Waals surface area contributed by atoms with E-state index in [9.17, 15) is 8.42 Å². The second-order valence-corrected chi connectivity index (χ2v) is 9.12. The minimum atomic E-state index is -3.63. The first-order valence-electron chi connectivity index (χ1n) is 8.71. The van der Waals surface area contributed by atoms with E-state index in [4.69, 9.17) is 16.3 Å². The highest BCUT2D eigenvalue weighted by Crippen LogP contribution is 2.27. The molecule has 0 N–H and O–H groups in total. The topological polar surface area (TPSA) is 75.6 Å². The Hall–Kier alpha value is -1.90. The van der Waals surface area contributed by atoms with E-state index in [1.165, 1.54) is 10.4 Å². The van der Waals surface area contributed by atoms with Crippen LogP contribution in [0.25, 0.3) is 0 Å². The maximum Gasteiger partial charge on any atom is 0.243 e. The number of halogens is 1. The molecular weight excluding hydrogens is 388 g/mol. The number of rotatable bonds is 5. The normalized spacial score (nSPS) is 18.3. The molecule has 2 aromatic rings. The van der Waals surface area contributed by atoms with Gasteiger partial charge in [-0.05, 0) is 43.5 Å². The lowest BCUT2D eigenvalue weighted by atomic mass is 10.1. The van der Waals surface area contributed by atoms with Crippen LogP contribution in [0.3, 0.4) is 0 Å². The third-order valence-corrected chi connectivity index (χ3v) is 6.72. The molecule has 0 bridgehead atoms. The second kappa shape index (κ2) is 8.00. The Labute approximate surface area is 165 Å². The third-order valence-electron chi connectivity index (χ3n) is 4.48. The first kappa shape index (κ1) is 19.9. The van der Waals surface area contributed by atoms with Crippen molar-refractivity contribution in [2.24, 2.45) is 0 Å². The molecule has 1 aliphatic rings. The van der Waals surface area contributed by atoms with Crippen LogP contribution in [-0.4, -0.2) is 56.2 Å². The summed E-state index contributed by atoms with van der Waals surface area (Å²) in [7, 11) is 0.130. The zero-order chi connectivity index (χ0) is 19.6. The molecule has 1 fully saturated rings. The molecule has 2 heterocycles. The molecule has 1 aromatic heterocycles. The summed E-state index contributed by atoms with van der Waals surface area (Å²) in [6.07, 6.45) is 1.21. The standard InChI is InChI=1S/C18H23ClN4O3S/c1-13-6-7-14(19)11-16(13)27(24,25)23-10-4-5-15(12-23)26-18-9-8-17(20-21-18)22(2)3/h6-9,11,15H,4-5,10,12H2,1-3H3. The van der Waals surface area contributed by atoms with Crippen molar-refractivity contribution in [3.8, 4) is 5.88 Å². The summed E-state index contributed by atoms with van der Waals surface area (Å²) in [5.74, 6) is 1.12. The summed E-state index contributed by atoms with van der Waals surface area (Å²) in [5.41, 5.74) is 0.674. The predicted molar refractivity (Wildman–Crippen MR) is 105 cm³/mol. The monoisotopic (exact) mass is 410 g/mol. The van der Waals surface area contributed by atoms with Gasteiger partial charge in [-0.2, -0.15) is 4.31 Å². The van der Waals surface area contributed by atoms with Crippen molar-refractivity contribution in [3.05, 3.63) is 40.9 Å². The maximum atomic E-state index is 13.1. The molecule has 3 rings (SSSR count). The van der Waals surface area contributed by atoms with E-state index >= 15 is 0 Å². The Morgan fingerprint density at radius 3 is 2.67 bits per heavy atom. The minimum Gasteiger partial charge on any atom is -0.472 e. The van der Waals surface area contributed by atoms with Crippen LogP contribution in [0.15, 0.2) is 35.2 Å². The summed E-state index contributed by atoms with van der Waals surface area (Å²) in [6, 6.07) is 8.47. The fourth-order valence-electron chi connectivity index (χ4n) is 3.00. The maximum absolute atomic E-state index is 13.1. The Kier molecular flexibility index (Phi) is 5.88. The van der Waals surface area contributed by atoms with Gasteiger partial charge in [0.05, 0.1) is 11.4 Å². The van der Waals surface area contributed by atoms with Gasteiger partial charge in [0.2, 0.25) is 15.9 Å². The predicted octanol–water partition coefficient (Wildman–Crippen LogP) is 2.74. The number of benzene rings is 1. The summed E-state index contributed by atoms with van der Waals surface area (Å²) >= 11 is 6.01. The number of nitrogens with zero attached hydrogens (tertiary/aromatic N) is 4. The average molecular weight is 411 g/mol. The highest BCUT2D eigenvalue weighted by molar-refractivity contribution is 7.89. The molecule has 1 saturated heterocycles. The molecule has 9 heteroatoms. The van der Waals surface area contributed by atoms with Crippen LogP contribution in [0.4, 0.5) is 5.82 Å². The van der Waals surface area contributed by atoms with Crippen molar-refractivity contribution in [1.82, 2.24) is 14.5 Å². The number of aromatic nitrogens is 2. The van der Waals surface area contributed by atoms with E-state index < -0.39 is 10.0 Å². The van der Waals surface area contributed by atoms with Crippen molar-refractivity contribution < 1.29 is 13.2 Å². The van der Waals surface area contributed by atoms with E-state index in [2.05, 4.69) is 10.2 Å². The second-order valence-electron chi connectivity index (χ2n) is 6.78. The molecule has 146 valence electrons. The van der Waals surface area contributed by atoms with Gasteiger partial charge in [0, 0.05) is 31.7 Å². The molecular formula is C18H23ClN4O3S. The van der Waals surface area contributed by atoms with Gasteiger partial charge in [-0.15, -0.1) is 10.2 Å². The summed E-state index contributed by atoms with van der Waals surface area (Å²) in [5, 5.41) is 8.55. The van der Waals surface area contributed by atoms with Gasteiger partial charge in [0.1, 0.15) is 6.10 Å². The number of piperidine rings is 1. The Morgan fingerprint density at radius 2 is 2.00 bits per heavy atom. The molecule has 0 aliphatic carbocycles. The summed E-state index contributed by atoms with van der Waals surface area (Å²) < 4.78 is 33.5. The van der Waals surface area contributed by atoms with Crippen LogP contribution < -0.4 is 9.64 Å². The number of hydrogen-bond donors (Lipinski definition) is 0. The number of anilines is 1. The van der Waals surface area contributed by atoms with Crippen molar-refractivity contribution in [2.45, 2.75) is 30.8 Å². The SMILES string of the molecule is Cc1ccc(Cl)cc1S(=O)(=O)N1CCCC(Oc2ccc(N(C)C)nn2)C1. The molecule has 0 saturated carbocycles. The van der Waals surface area contributed by atoms with Gasteiger partial charge in [0.15, 0.2) is 5.82 Å². The molecule has 27 heavy (non-hydrogen) atoms. The third kappa shape index (κ3) is 4.51. The highest BCUT2D eigenvalue weighted by Gasteiger charge is 2.32. The molecule has 1 aromatic carbocycles. The smallest absolute Gasteiger partial charge is 0.243 e. The van der Waals surface area contributed by atoms with Gasteiger partial charge in [-0.3, -0.25) is 0 Å². The van der Waals surface area contributed by atoms with Gasteiger partial charge in [-0.25, -0.2) is 8.42 Å². The Balaban J connectivity index is 1.74. The first-order valence-corrected chi connectivity index (χ1v) is 10.5. The molecule has 7 nitrogen and oxygen atoms in total. The zero-order valence-corrected chi connectivity index (χ0v) is 17.2. The number of hydrogen-bond acceptors (Lipinski definition) is 6. The van der Waals surface area contributed by atoms with Crippen molar-refractivity contribution in [1.29, 1.82) is 0 Å². The van der Waals surface area contributed by atoms with E-state index in [1.807, 2.05) is 25.1 Å². The minimum absolute atomic E-state index is 0.241. The molecule has 0 radical (unpaired) electrons. The van der Waals surface area contributed by atoms with Crippen LogP contribution in [0.5, 0.6) is 5.88 Å². The van der Waals surface area contributed by atoms with E-state index in [-0.39, 0.29) is 17.5 Å². The van der Waals surface area contributed by atoms with Crippen LogP contribution >= 0.6 is 11.6 Å². The van der Waals surface area contributed by atoms with Crippen LogP contribution in [-0.2, 0) is 10.0 Å². The Bertz CT molecular complexity index is 903. The van der Waals surface area contributed by atoms with Gasteiger partial charge >= 0.3 is 0 Å². The Morgan fingerprint density at radius 1 is 1.22 bits per heavy atom. The molecule has 1 unspecified atom stereocenters. The van der Waals surface area contributed by atoms with E-state index in [1.54, 1.807) is 25.1 Å². The molecule has 1 atom stereocenters. The van der Waals surface area contributed by atoms with E-state index in [0.717, 1.165) is 12.2 Å². The van der Waals surface area contributed by atoms with Crippen LogP contribution in [0, 0.1) is 6.92 Å². The fraction of sp³-hybridized carbons (Fsp3) is 0.444. The zero-order valence-electron chi connectivity index (χ0n) is 15.6. The van der Waals surface area contributed by atoms with Crippen LogP contribution in [0.1, 0.15) is 18.4 Å². The molecule has 0 amide bonds.